The van der Waals surface area contributed by atoms with E-state index in [-0.39, 0.29) is 5.97 Å². The molecule has 2 rings (SSSR count). The minimum absolute atomic E-state index is 0.305. The summed E-state index contributed by atoms with van der Waals surface area (Å²) in [5.74, 6) is 0.685. The molecule has 0 spiro atoms. The fourth-order valence-corrected chi connectivity index (χ4v) is 2.19. The number of nitrogens with zero attached hydrogens (tertiary/aromatic N) is 1. The molecule has 1 heterocycles. The van der Waals surface area contributed by atoms with Gasteiger partial charge in [-0.3, -0.25) is 0 Å². The van der Waals surface area contributed by atoms with Crippen molar-refractivity contribution in [2.45, 2.75) is 39.5 Å². The number of aryl methyl sites for hydroxylation is 2. The molecule has 1 aliphatic carbocycles. The van der Waals surface area contributed by atoms with Gasteiger partial charge in [0, 0.05) is 0 Å². The molecule has 0 aromatic carbocycles. The van der Waals surface area contributed by atoms with Gasteiger partial charge in [-0.25, -0.2) is 4.79 Å². The fourth-order valence-electron chi connectivity index (χ4n) is 2.19. The molecule has 4 heteroatoms. The lowest BCUT2D eigenvalue weighted by molar-refractivity contribution is 0.0429. The summed E-state index contributed by atoms with van der Waals surface area (Å²) >= 11 is 0. The quantitative estimate of drug-likeness (QED) is 0.608. The third-order valence-corrected chi connectivity index (χ3v) is 3.30. The summed E-state index contributed by atoms with van der Waals surface area (Å²) in [7, 11) is 0. The monoisotopic (exact) mass is 249 g/mol. The molecule has 0 saturated carbocycles. The Hall–Kier alpha value is -1.58. The van der Waals surface area contributed by atoms with Gasteiger partial charge in [0.15, 0.2) is 0 Å². The lowest BCUT2D eigenvalue weighted by Crippen LogP contribution is -2.16. The largest absolute Gasteiger partial charge is 0.462 e. The van der Waals surface area contributed by atoms with Gasteiger partial charge in [0.1, 0.15) is 11.3 Å². The predicted octanol–water partition coefficient (Wildman–Crippen LogP) is 3.06. The molecule has 1 aliphatic rings. The minimum Gasteiger partial charge on any atom is -0.462 e. The third-order valence-electron chi connectivity index (χ3n) is 3.30. The van der Waals surface area contributed by atoms with E-state index in [0.717, 1.165) is 19.3 Å². The molecular weight excluding hydrogens is 230 g/mol. The number of esters is 1. The highest BCUT2D eigenvalue weighted by Crippen LogP contribution is 2.20. The number of ether oxygens (including phenoxy) is 1. The maximum Gasteiger partial charge on any atom is 0.343 e. The Morgan fingerprint density at radius 2 is 2.39 bits per heavy atom. The van der Waals surface area contributed by atoms with Crippen molar-refractivity contribution in [2.75, 3.05) is 6.61 Å². The SMILES string of the molecule is CCc1noc(C)c1C(=O)OCC1CC=CCC1. The second kappa shape index (κ2) is 5.85. The van der Waals surface area contributed by atoms with E-state index in [2.05, 4.69) is 17.3 Å². The van der Waals surface area contributed by atoms with Crippen LogP contribution in [0.25, 0.3) is 0 Å². The summed E-state index contributed by atoms with van der Waals surface area (Å²) in [6, 6.07) is 0. The molecule has 1 atom stereocenters. The van der Waals surface area contributed by atoms with E-state index < -0.39 is 0 Å². The molecule has 0 aliphatic heterocycles. The zero-order valence-electron chi connectivity index (χ0n) is 10.9. The van der Waals surface area contributed by atoms with Crippen molar-refractivity contribution in [1.29, 1.82) is 0 Å². The summed E-state index contributed by atoms with van der Waals surface area (Å²) in [5.41, 5.74) is 1.19. The zero-order chi connectivity index (χ0) is 13.0. The second-order valence-electron chi connectivity index (χ2n) is 4.66. The Morgan fingerprint density at radius 1 is 1.56 bits per heavy atom. The standard InChI is InChI=1S/C14H19NO3/c1-3-12-13(10(2)18-15-12)14(16)17-9-11-7-5-4-6-8-11/h4-5,11H,3,6-9H2,1-2H3. The Labute approximate surface area is 107 Å². The van der Waals surface area contributed by atoms with Crippen molar-refractivity contribution < 1.29 is 14.1 Å². The molecule has 0 N–H and O–H groups in total. The smallest absolute Gasteiger partial charge is 0.343 e. The zero-order valence-corrected chi connectivity index (χ0v) is 10.9. The Balaban J connectivity index is 1.94. The fraction of sp³-hybridized carbons (Fsp3) is 0.571. The highest BCUT2D eigenvalue weighted by atomic mass is 16.5. The number of allylic oxidation sites excluding steroid dienone is 2. The maximum atomic E-state index is 12.0. The first-order chi connectivity index (χ1) is 8.72. The first-order valence-corrected chi connectivity index (χ1v) is 6.49. The van der Waals surface area contributed by atoms with Crippen LogP contribution in [0.1, 0.15) is 48.0 Å². The summed E-state index contributed by atoms with van der Waals surface area (Å²) < 4.78 is 10.4. The van der Waals surface area contributed by atoms with Gasteiger partial charge in [-0.2, -0.15) is 0 Å². The van der Waals surface area contributed by atoms with E-state index in [9.17, 15) is 4.79 Å². The molecule has 0 amide bonds. The van der Waals surface area contributed by atoms with Crippen LogP contribution in [0.5, 0.6) is 0 Å². The molecule has 0 radical (unpaired) electrons. The van der Waals surface area contributed by atoms with Crippen molar-refractivity contribution in [1.82, 2.24) is 5.16 Å². The summed E-state index contributed by atoms with van der Waals surface area (Å²) in [4.78, 5) is 12.0. The Bertz CT molecular complexity index is 448. The van der Waals surface area contributed by atoms with E-state index in [1.165, 1.54) is 0 Å². The molecule has 0 saturated heterocycles. The van der Waals surface area contributed by atoms with Crippen molar-refractivity contribution in [3.05, 3.63) is 29.2 Å². The summed E-state index contributed by atoms with van der Waals surface area (Å²) in [6.45, 7) is 4.17. The third kappa shape index (κ3) is 2.81. The summed E-state index contributed by atoms with van der Waals surface area (Å²) in [6.07, 6.45) is 8.17. The lowest BCUT2D eigenvalue weighted by atomic mass is 9.95. The number of aromatic nitrogens is 1. The van der Waals surface area contributed by atoms with Crippen LogP contribution in [-0.4, -0.2) is 17.7 Å². The van der Waals surface area contributed by atoms with Crippen LogP contribution in [0.15, 0.2) is 16.7 Å². The van der Waals surface area contributed by atoms with Gasteiger partial charge in [-0.05, 0) is 38.5 Å². The average molecular weight is 249 g/mol. The van der Waals surface area contributed by atoms with Gasteiger partial charge < -0.3 is 9.26 Å². The molecule has 98 valence electrons. The van der Waals surface area contributed by atoms with Crippen molar-refractivity contribution >= 4 is 5.97 Å². The first-order valence-electron chi connectivity index (χ1n) is 6.49. The molecule has 1 aromatic heterocycles. The molecule has 18 heavy (non-hydrogen) atoms. The van der Waals surface area contributed by atoms with E-state index in [0.29, 0.717) is 36.0 Å². The van der Waals surface area contributed by atoms with Gasteiger partial charge in [-0.1, -0.05) is 24.2 Å². The molecule has 1 aromatic rings. The number of hydrogen-bond donors (Lipinski definition) is 0. The van der Waals surface area contributed by atoms with E-state index in [1.54, 1.807) is 6.92 Å². The van der Waals surface area contributed by atoms with Crippen molar-refractivity contribution in [3.8, 4) is 0 Å². The maximum absolute atomic E-state index is 12.0. The molecule has 0 bridgehead atoms. The Morgan fingerprint density at radius 3 is 3.06 bits per heavy atom. The van der Waals surface area contributed by atoms with Crippen molar-refractivity contribution in [3.63, 3.8) is 0 Å². The highest BCUT2D eigenvalue weighted by Gasteiger charge is 2.21. The van der Waals surface area contributed by atoms with Gasteiger partial charge in [0.2, 0.25) is 0 Å². The predicted molar refractivity (Wildman–Crippen MR) is 67.4 cm³/mol. The molecule has 1 unspecified atom stereocenters. The van der Waals surface area contributed by atoms with E-state index in [4.69, 9.17) is 9.26 Å². The normalized spacial score (nSPS) is 18.9. The van der Waals surface area contributed by atoms with Crippen LogP contribution in [-0.2, 0) is 11.2 Å². The van der Waals surface area contributed by atoms with Crippen LogP contribution < -0.4 is 0 Å². The van der Waals surface area contributed by atoms with Crippen molar-refractivity contribution in [2.24, 2.45) is 5.92 Å². The van der Waals surface area contributed by atoms with Gasteiger partial charge in [0.25, 0.3) is 0 Å². The topological polar surface area (TPSA) is 52.3 Å². The number of rotatable bonds is 4. The first kappa shape index (κ1) is 12.9. The molecule has 0 fully saturated rings. The van der Waals surface area contributed by atoms with Crippen LogP contribution in [0.3, 0.4) is 0 Å². The highest BCUT2D eigenvalue weighted by molar-refractivity contribution is 5.91. The van der Waals surface area contributed by atoms with Crippen LogP contribution in [0, 0.1) is 12.8 Å². The molecule has 4 nitrogen and oxygen atoms in total. The number of carbonyl (C=O) groups is 1. The van der Waals surface area contributed by atoms with Crippen LogP contribution >= 0.6 is 0 Å². The minimum atomic E-state index is -0.305. The summed E-state index contributed by atoms with van der Waals surface area (Å²) in [5, 5.41) is 3.86. The molecular formula is C14H19NO3. The van der Waals surface area contributed by atoms with Gasteiger partial charge >= 0.3 is 5.97 Å². The van der Waals surface area contributed by atoms with E-state index in [1.807, 2.05) is 6.92 Å². The van der Waals surface area contributed by atoms with Gasteiger partial charge in [0.05, 0.1) is 12.3 Å². The van der Waals surface area contributed by atoms with E-state index >= 15 is 0 Å². The number of hydrogen-bond acceptors (Lipinski definition) is 4. The van der Waals surface area contributed by atoms with Crippen LogP contribution in [0.2, 0.25) is 0 Å². The average Bonchev–Trinajstić information content (AvgIpc) is 2.78. The second-order valence-corrected chi connectivity index (χ2v) is 4.66. The lowest BCUT2D eigenvalue weighted by Gasteiger charge is -2.17. The van der Waals surface area contributed by atoms with Gasteiger partial charge in [-0.15, -0.1) is 0 Å². The van der Waals surface area contributed by atoms with Crippen LogP contribution in [0.4, 0.5) is 0 Å². The Kier molecular flexibility index (Phi) is 4.18. The number of carbonyl (C=O) groups excluding carboxylic acids is 1.